The number of hydrogen-bond acceptors (Lipinski definition) is 4. The van der Waals surface area contributed by atoms with E-state index in [9.17, 15) is 9.59 Å². The van der Waals surface area contributed by atoms with Crippen LogP contribution in [0.4, 0.5) is 0 Å². The first-order valence-electron chi connectivity index (χ1n) is 7.00. The molecule has 0 aliphatic heterocycles. The molecule has 1 atom stereocenters. The summed E-state index contributed by atoms with van der Waals surface area (Å²) in [4.78, 5) is 24.2. The molecule has 5 nitrogen and oxygen atoms in total. The van der Waals surface area contributed by atoms with Crippen LogP contribution in [0, 0.1) is 11.8 Å². The Morgan fingerprint density at radius 1 is 1.35 bits per heavy atom. The average molecular weight is 307 g/mol. The second-order valence-electron chi connectivity index (χ2n) is 5.70. The van der Waals surface area contributed by atoms with E-state index >= 15 is 0 Å². The van der Waals surface area contributed by atoms with Crippen molar-refractivity contribution in [3.63, 3.8) is 0 Å². The Labute approximate surface area is 127 Å². The summed E-state index contributed by atoms with van der Waals surface area (Å²) in [6, 6.07) is 0. The molecule has 0 radical (unpaired) electrons. The highest BCUT2D eigenvalue weighted by atomic mass is 35.5. The molecule has 0 aromatic heterocycles. The quantitative estimate of drug-likeness (QED) is 0.756. The molecule has 118 valence electrons. The van der Waals surface area contributed by atoms with Crippen LogP contribution in [0.25, 0.3) is 0 Å². The molecular weight excluding hydrogens is 280 g/mol. The number of rotatable bonds is 5. The second-order valence-corrected chi connectivity index (χ2v) is 5.70. The van der Waals surface area contributed by atoms with Gasteiger partial charge in [-0.25, -0.2) is 4.79 Å². The smallest absolute Gasteiger partial charge is 0.331 e. The lowest BCUT2D eigenvalue weighted by Crippen LogP contribution is -2.58. The number of nitrogens with one attached hydrogen (secondary N) is 2. The maximum Gasteiger partial charge on any atom is 0.331 e. The summed E-state index contributed by atoms with van der Waals surface area (Å²) in [5.41, 5.74) is -0.819. The molecule has 0 spiro atoms. The number of ether oxygens (including phenoxy) is 1. The molecule has 1 rings (SSSR count). The van der Waals surface area contributed by atoms with Gasteiger partial charge in [-0.05, 0) is 38.6 Å². The van der Waals surface area contributed by atoms with Crippen molar-refractivity contribution >= 4 is 24.3 Å². The van der Waals surface area contributed by atoms with E-state index in [2.05, 4.69) is 17.6 Å². The Bertz CT molecular complexity index is 328. The van der Waals surface area contributed by atoms with Crippen LogP contribution in [0.2, 0.25) is 0 Å². The van der Waals surface area contributed by atoms with Crippen molar-refractivity contribution in [2.75, 3.05) is 20.7 Å². The van der Waals surface area contributed by atoms with Crippen molar-refractivity contribution in [1.82, 2.24) is 10.6 Å². The first-order valence-corrected chi connectivity index (χ1v) is 7.00. The van der Waals surface area contributed by atoms with Gasteiger partial charge in [0, 0.05) is 12.5 Å². The highest BCUT2D eigenvalue weighted by Gasteiger charge is 2.43. The van der Waals surface area contributed by atoms with E-state index in [1.807, 2.05) is 14.0 Å². The van der Waals surface area contributed by atoms with Gasteiger partial charge in [0.05, 0.1) is 7.11 Å². The molecular formula is C14H27ClN2O3. The zero-order valence-corrected chi connectivity index (χ0v) is 13.6. The van der Waals surface area contributed by atoms with Crippen molar-refractivity contribution in [1.29, 1.82) is 0 Å². The topological polar surface area (TPSA) is 67.4 Å². The number of methoxy groups -OCH3 is 1. The third-order valence-corrected chi connectivity index (χ3v) is 4.02. The third-order valence-electron chi connectivity index (χ3n) is 4.02. The Morgan fingerprint density at radius 2 is 1.90 bits per heavy atom. The lowest BCUT2D eigenvalue weighted by atomic mass is 9.77. The van der Waals surface area contributed by atoms with Crippen LogP contribution >= 0.6 is 12.4 Å². The molecule has 0 saturated heterocycles. The van der Waals surface area contributed by atoms with E-state index in [1.165, 1.54) is 7.11 Å². The van der Waals surface area contributed by atoms with E-state index < -0.39 is 5.54 Å². The fourth-order valence-electron chi connectivity index (χ4n) is 2.59. The molecule has 1 aliphatic rings. The van der Waals surface area contributed by atoms with Gasteiger partial charge in [-0.2, -0.15) is 0 Å². The van der Waals surface area contributed by atoms with E-state index in [-0.39, 0.29) is 30.2 Å². The molecule has 0 aromatic carbocycles. The third kappa shape index (κ3) is 4.63. The maximum atomic E-state index is 12.1. The van der Waals surface area contributed by atoms with Gasteiger partial charge in [-0.15, -0.1) is 12.4 Å². The SMILES string of the molecule is CNCC(C)C(=O)NC1(C(=O)OC)CCC(C)CC1.Cl. The summed E-state index contributed by atoms with van der Waals surface area (Å²) in [5, 5.41) is 5.91. The van der Waals surface area contributed by atoms with Gasteiger partial charge in [0.2, 0.25) is 5.91 Å². The number of amides is 1. The van der Waals surface area contributed by atoms with Gasteiger partial charge in [-0.3, -0.25) is 4.79 Å². The fraction of sp³-hybridized carbons (Fsp3) is 0.857. The van der Waals surface area contributed by atoms with Crippen LogP contribution in [-0.4, -0.2) is 38.1 Å². The number of hydrogen-bond donors (Lipinski definition) is 2. The van der Waals surface area contributed by atoms with Gasteiger partial charge in [0.1, 0.15) is 5.54 Å². The summed E-state index contributed by atoms with van der Waals surface area (Å²) in [7, 11) is 3.19. The summed E-state index contributed by atoms with van der Waals surface area (Å²) >= 11 is 0. The summed E-state index contributed by atoms with van der Waals surface area (Å²) < 4.78 is 4.90. The summed E-state index contributed by atoms with van der Waals surface area (Å²) in [6.07, 6.45) is 3.21. The second kappa shape index (κ2) is 8.47. The molecule has 1 amide bonds. The molecule has 6 heteroatoms. The van der Waals surface area contributed by atoms with Gasteiger partial charge >= 0.3 is 5.97 Å². The first-order chi connectivity index (χ1) is 8.95. The standard InChI is InChI=1S/C14H26N2O3.ClH/c1-10-5-7-14(8-6-10,13(18)19-4)16-12(17)11(2)9-15-3;/h10-11,15H,5-9H2,1-4H3,(H,16,17);1H. The van der Waals surface area contributed by atoms with Gasteiger partial charge in [-0.1, -0.05) is 13.8 Å². The minimum absolute atomic E-state index is 0. The monoisotopic (exact) mass is 306 g/mol. The van der Waals surface area contributed by atoms with E-state index in [0.29, 0.717) is 25.3 Å². The van der Waals surface area contributed by atoms with E-state index in [4.69, 9.17) is 4.74 Å². The van der Waals surface area contributed by atoms with E-state index in [1.54, 1.807) is 0 Å². The zero-order valence-electron chi connectivity index (χ0n) is 12.8. The van der Waals surface area contributed by atoms with Crippen molar-refractivity contribution in [3.8, 4) is 0 Å². The summed E-state index contributed by atoms with van der Waals surface area (Å²) in [5.74, 6) is 0.0361. The van der Waals surface area contributed by atoms with Crippen LogP contribution in [0.1, 0.15) is 39.5 Å². The van der Waals surface area contributed by atoms with E-state index in [0.717, 1.165) is 12.8 Å². The van der Waals surface area contributed by atoms with Crippen molar-refractivity contribution in [3.05, 3.63) is 0 Å². The van der Waals surface area contributed by atoms with Crippen LogP contribution in [0.15, 0.2) is 0 Å². The Balaban J connectivity index is 0.00000361. The molecule has 0 aromatic rings. The summed E-state index contributed by atoms with van der Waals surface area (Å²) in [6.45, 7) is 4.62. The normalized spacial score (nSPS) is 27.1. The molecule has 0 bridgehead atoms. The number of esters is 1. The lowest BCUT2D eigenvalue weighted by molar-refractivity contribution is -0.153. The minimum atomic E-state index is -0.819. The predicted octanol–water partition coefficient (Wildman–Crippen LogP) is 1.50. The Kier molecular flexibility index (Phi) is 8.13. The molecule has 20 heavy (non-hydrogen) atoms. The average Bonchev–Trinajstić information content (AvgIpc) is 2.40. The van der Waals surface area contributed by atoms with Gasteiger partial charge in [0.25, 0.3) is 0 Å². The highest BCUT2D eigenvalue weighted by molar-refractivity contribution is 5.89. The maximum absolute atomic E-state index is 12.1. The lowest BCUT2D eigenvalue weighted by Gasteiger charge is -2.38. The van der Waals surface area contributed by atoms with Gasteiger partial charge < -0.3 is 15.4 Å². The minimum Gasteiger partial charge on any atom is -0.467 e. The number of carbonyl (C=O) groups excluding carboxylic acids is 2. The molecule has 1 fully saturated rings. The predicted molar refractivity (Wildman–Crippen MR) is 80.9 cm³/mol. The zero-order chi connectivity index (χ0) is 14.5. The first kappa shape index (κ1) is 19.2. The van der Waals surface area contributed by atoms with Crippen LogP contribution in [-0.2, 0) is 14.3 Å². The number of halogens is 1. The number of carbonyl (C=O) groups is 2. The molecule has 0 heterocycles. The molecule has 1 aliphatic carbocycles. The molecule has 1 unspecified atom stereocenters. The van der Waals surface area contributed by atoms with Crippen molar-refractivity contribution in [2.45, 2.75) is 45.1 Å². The van der Waals surface area contributed by atoms with Gasteiger partial charge in [0.15, 0.2) is 0 Å². The molecule has 2 N–H and O–H groups in total. The van der Waals surface area contributed by atoms with Crippen LogP contribution < -0.4 is 10.6 Å². The highest BCUT2D eigenvalue weighted by Crippen LogP contribution is 2.33. The van der Waals surface area contributed by atoms with Crippen LogP contribution in [0.5, 0.6) is 0 Å². The van der Waals surface area contributed by atoms with Crippen molar-refractivity contribution < 1.29 is 14.3 Å². The molecule has 1 saturated carbocycles. The fourth-order valence-corrected chi connectivity index (χ4v) is 2.59. The largest absolute Gasteiger partial charge is 0.467 e. The Hall–Kier alpha value is -0.810. The van der Waals surface area contributed by atoms with Crippen LogP contribution in [0.3, 0.4) is 0 Å². The Morgan fingerprint density at radius 3 is 2.35 bits per heavy atom. The van der Waals surface area contributed by atoms with Crippen molar-refractivity contribution in [2.24, 2.45) is 11.8 Å².